The lowest BCUT2D eigenvalue weighted by Crippen LogP contribution is -2.33. The van der Waals surface area contributed by atoms with E-state index >= 15 is 0 Å². The number of allylic oxidation sites excluding steroid dienone is 2. The molecule has 2 aliphatic rings. The van der Waals surface area contributed by atoms with Crippen molar-refractivity contribution in [2.24, 2.45) is 0 Å². The van der Waals surface area contributed by atoms with Crippen molar-refractivity contribution in [3.63, 3.8) is 0 Å². The van der Waals surface area contributed by atoms with Gasteiger partial charge >= 0.3 is 11.9 Å². The van der Waals surface area contributed by atoms with Gasteiger partial charge in [0.1, 0.15) is 13.1 Å². The van der Waals surface area contributed by atoms with Crippen LogP contribution in [0.3, 0.4) is 0 Å². The van der Waals surface area contributed by atoms with Crippen LogP contribution in [-0.2, 0) is 23.9 Å². The zero-order valence-corrected chi connectivity index (χ0v) is 25.2. The van der Waals surface area contributed by atoms with Gasteiger partial charge in [-0.15, -0.1) is 0 Å². The Labute approximate surface area is 261 Å². The Kier molecular flexibility index (Phi) is 9.04. The van der Waals surface area contributed by atoms with Gasteiger partial charge in [-0.1, -0.05) is 97.1 Å². The van der Waals surface area contributed by atoms with Gasteiger partial charge in [0.2, 0.25) is 0 Å². The number of methoxy groups -OCH3 is 1. The number of esters is 1. The van der Waals surface area contributed by atoms with Gasteiger partial charge in [-0.25, -0.2) is 0 Å². The second-order valence-electron chi connectivity index (χ2n) is 10.5. The Morgan fingerprint density at radius 2 is 0.978 bits per heavy atom. The third-order valence-electron chi connectivity index (χ3n) is 7.82. The molecule has 0 saturated carbocycles. The molecule has 8 nitrogen and oxygen atoms in total. The summed E-state index contributed by atoms with van der Waals surface area (Å²) in [5.74, 6) is -1.89. The summed E-state index contributed by atoms with van der Waals surface area (Å²) < 4.78 is 4.71. The smallest absolute Gasteiger partial charge is 0.325 e. The van der Waals surface area contributed by atoms with Crippen LogP contribution >= 0.6 is 0 Å². The van der Waals surface area contributed by atoms with E-state index in [-0.39, 0.29) is 24.9 Å². The Hall–Kier alpha value is -5.76. The fourth-order valence-electron chi connectivity index (χ4n) is 5.59. The number of hydrogen-bond donors (Lipinski definition) is 1. The second-order valence-corrected chi connectivity index (χ2v) is 10.5. The third-order valence-corrected chi connectivity index (χ3v) is 7.82. The van der Waals surface area contributed by atoms with Gasteiger partial charge in [0.05, 0.1) is 29.6 Å². The van der Waals surface area contributed by atoms with Crippen molar-refractivity contribution in [3.8, 4) is 0 Å². The lowest BCUT2D eigenvalue weighted by molar-refractivity contribution is -0.139. The van der Waals surface area contributed by atoms with E-state index in [4.69, 9.17) is 9.84 Å². The maximum absolute atomic E-state index is 12.9. The summed E-state index contributed by atoms with van der Waals surface area (Å²) >= 11 is 0. The first-order valence-electron chi connectivity index (χ1n) is 14.4. The minimum atomic E-state index is -1.03. The van der Waals surface area contributed by atoms with Gasteiger partial charge in [0.15, 0.2) is 0 Å². The summed E-state index contributed by atoms with van der Waals surface area (Å²) in [5.41, 5.74) is 7.94. The van der Waals surface area contributed by atoms with Gasteiger partial charge in [0, 0.05) is 11.1 Å². The number of nitrogens with zero attached hydrogens (tertiary/aromatic N) is 2. The number of fused-ring (bicyclic) bond motifs is 2. The van der Waals surface area contributed by atoms with Crippen LogP contribution in [0, 0.1) is 0 Å². The van der Waals surface area contributed by atoms with Crippen molar-refractivity contribution in [3.05, 3.63) is 131 Å². The molecule has 0 unspecified atom stereocenters. The van der Waals surface area contributed by atoms with E-state index < -0.39 is 11.9 Å². The molecule has 8 heteroatoms. The number of hydrogen-bond acceptors (Lipinski definition) is 5. The Morgan fingerprint density at radius 3 is 1.38 bits per heavy atom. The number of rotatable bonds is 6. The lowest BCUT2D eigenvalue weighted by atomic mass is 9.97. The number of benzene rings is 4. The zero-order valence-electron chi connectivity index (χ0n) is 25.2. The molecule has 45 heavy (non-hydrogen) atoms. The molecule has 2 heterocycles. The normalized spacial score (nSPS) is 15.5. The molecule has 6 rings (SSSR count). The van der Waals surface area contributed by atoms with Crippen LogP contribution in [0.1, 0.15) is 36.1 Å². The van der Waals surface area contributed by atoms with Gasteiger partial charge < -0.3 is 9.84 Å². The van der Waals surface area contributed by atoms with E-state index in [1.807, 2.05) is 117 Å². The van der Waals surface area contributed by atoms with Crippen molar-refractivity contribution in [2.75, 3.05) is 30.0 Å². The molecule has 0 radical (unpaired) electrons. The number of carboxylic acid groups (broad SMARTS) is 1. The quantitative estimate of drug-likeness (QED) is 0.209. The first kappa shape index (κ1) is 30.7. The lowest BCUT2D eigenvalue weighted by Gasteiger charge is -2.15. The summed E-state index contributed by atoms with van der Waals surface area (Å²) in [7, 11) is 1.32. The van der Waals surface area contributed by atoms with Gasteiger partial charge in [-0.3, -0.25) is 29.0 Å². The number of para-hydroxylation sites is 2. The summed E-state index contributed by atoms with van der Waals surface area (Å²) in [6.07, 6.45) is 0. The maximum Gasteiger partial charge on any atom is 0.325 e. The van der Waals surface area contributed by atoms with Gasteiger partial charge in [-0.2, -0.15) is 0 Å². The van der Waals surface area contributed by atoms with E-state index in [0.29, 0.717) is 16.8 Å². The fourth-order valence-corrected chi connectivity index (χ4v) is 5.59. The Bertz CT molecular complexity index is 1840. The zero-order chi connectivity index (χ0) is 32.1. The molecule has 1 N–H and O–H groups in total. The average Bonchev–Trinajstić information content (AvgIpc) is 3.50. The van der Waals surface area contributed by atoms with Crippen molar-refractivity contribution < 1.29 is 29.0 Å². The van der Waals surface area contributed by atoms with Crippen LogP contribution in [0.25, 0.3) is 22.3 Å². The van der Waals surface area contributed by atoms with Crippen molar-refractivity contribution >= 4 is 57.4 Å². The molecule has 0 saturated heterocycles. The topological polar surface area (TPSA) is 104 Å². The molecular formula is C37H32N2O6. The van der Waals surface area contributed by atoms with Crippen LogP contribution in [-0.4, -0.2) is 49.1 Å². The highest BCUT2D eigenvalue weighted by Crippen LogP contribution is 2.41. The molecule has 2 aliphatic heterocycles. The van der Waals surface area contributed by atoms with E-state index in [0.717, 1.165) is 39.1 Å². The van der Waals surface area contributed by atoms with Gasteiger partial charge in [-0.05, 0) is 48.3 Å². The second kappa shape index (κ2) is 13.3. The molecule has 4 aromatic carbocycles. The number of carbonyl (C=O) groups is 4. The molecule has 226 valence electrons. The molecule has 0 aliphatic carbocycles. The molecular weight excluding hydrogens is 568 g/mol. The summed E-state index contributed by atoms with van der Waals surface area (Å²) in [5, 5.41) is 9.05. The SMILES string of the molecule is CC(=C1C(=O)N(CC(=O)O)c2ccccc21)c1ccccc1.COC(=O)CN1C(=O)C(=C(C)c2ccccc2)c2ccccc21. The van der Waals surface area contributed by atoms with Crippen molar-refractivity contribution in [1.82, 2.24) is 0 Å². The number of carbonyl (C=O) groups excluding carboxylic acids is 3. The predicted octanol–water partition coefficient (Wildman–Crippen LogP) is 6.19. The van der Waals surface area contributed by atoms with E-state index in [1.54, 1.807) is 6.07 Å². The van der Waals surface area contributed by atoms with E-state index in [2.05, 4.69) is 0 Å². The van der Waals surface area contributed by atoms with Crippen molar-refractivity contribution in [1.29, 1.82) is 0 Å². The van der Waals surface area contributed by atoms with Crippen LogP contribution in [0.2, 0.25) is 0 Å². The minimum Gasteiger partial charge on any atom is -0.480 e. The number of anilines is 2. The van der Waals surface area contributed by atoms with Gasteiger partial charge in [0.25, 0.3) is 11.8 Å². The van der Waals surface area contributed by atoms with E-state index in [9.17, 15) is 19.2 Å². The fraction of sp³-hybridized carbons (Fsp3) is 0.135. The Morgan fingerprint density at radius 1 is 0.600 bits per heavy atom. The number of aliphatic carboxylic acids is 1. The van der Waals surface area contributed by atoms with Crippen LogP contribution in [0.4, 0.5) is 11.4 Å². The number of carboxylic acids is 1. The predicted molar refractivity (Wildman–Crippen MR) is 175 cm³/mol. The molecule has 2 amide bonds. The van der Waals surface area contributed by atoms with Crippen LogP contribution < -0.4 is 9.80 Å². The number of ether oxygens (including phenoxy) is 1. The monoisotopic (exact) mass is 600 g/mol. The molecule has 0 fully saturated rings. The number of amides is 2. The standard InChI is InChI=1S/C19H17NO3.C18H15NO3/c1-13(14-8-4-3-5-9-14)18-15-10-6-7-11-16(15)20(19(18)22)12-17(21)23-2;1-12(13-7-3-2-4-8-13)17-14-9-5-6-10-15(14)19(18(17)22)11-16(20)21/h3-11H,12H2,1-2H3;2-10H,11H2,1H3,(H,20,21). The highest BCUT2D eigenvalue weighted by atomic mass is 16.5. The minimum absolute atomic E-state index is 0.0854. The highest BCUT2D eigenvalue weighted by Gasteiger charge is 2.36. The van der Waals surface area contributed by atoms with Crippen LogP contribution in [0.15, 0.2) is 109 Å². The molecule has 0 bridgehead atoms. The molecule has 4 aromatic rings. The highest BCUT2D eigenvalue weighted by molar-refractivity contribution is 6.39. The Balaban J connectivity index is 0.000000178. The van der Waals surface area contributed by atoms with Crippen LogP contribution in [0.5, 0.6) is 0 Å². The van der Waals surface area contributed by atoms with Crippen molar-refractivity contribution in [2.45, 2.75) is 13.8 Å². The summed E-state index contributed by atoms with van der Waals surface area (Å²) in [6.45, 7) is 3.41. The molecule has 0 aromatic heterocycles. The summed E-state index contributed by atoms with van der Waals surface area (Å²) in [4.78, 5) is 51.1. The average molecular weight is 601 g/mol. The summed E-state index contributed by atoms with van der Waals surface area (Å²) in [6, 6.07) is 34.2. The first-order valence-corrected chi connectivity index (χ1v) is 14.4. The van der Waals surface area contributed by atoms with E-state index in [1.165, 1.54) is 16.9 Å². The molecule has 0 spiro atoms. The first-order chi connectivity index (χ1) is 21.7. The maximum atomic E-state index is 12.9. The third kappa shape index (κ3) is 6.17. The largest absolute Gasteiger partial charge is 0.480 e. The molecule has 0 atom stereocenters.